The van der Waals surface area contributed by atoms with Crippen LogP contribution in [0, 0.1) is 0 Å². The van der Waals surface area contributed by atoms with Crippen LogP contribution in [0.15, 0.2) is 59.5 Å². The summed E-state index contributed by atoms with van der Waals surface area (Å²) >= 11 is 1.61. The van der Waals surface area contributed by atoms with Crippen LogP contribution < -0.4 is 10.6 Å². The molecule has 0 aromatic heterocycles. The Morgan fingerprint density at radius 2 is 1.77 bits per heavy atom. The van der Waals surface area contributed by atoms with Crippen LogP contribution in [-0.2, 0) is 4.79 Å². The maximum absolute atomic E-state index is 12.1. The summed E-state index contributed by atoms with van der Waals surface area (Å²) in [6.45, 7) is 1.66. The van der Waals surface area contributed by atoms with Crippen LogP contribution in [0.5, 0.6) is 0 Å². The second kappa shape index (κ2) is 7.66. The van der Waals surface area contributed by atoms with Crippen molar-refractivity contribution in [2.75, 3.05) is 11.6 Å². The zero-order valence-corrected chi connectivity index (χ0v) is 13.3. The number of nitrogens with one attached hydrogen (secondary N) is 2. The zero-order valence-electron chi connectivity index (χ0n) is 12.5. The second-order valence-electron chi connectivity index (χ2n) is 4.78. The highest BCUT2D eigenvalue weighted by molar-refractivity contribution is 7.98. The molecular formula is C17H18N2O2S. The fourth-order valence-corrected chi connectivity index (χ4v) is 2.35. The minimum Gasteiger partial charge on any atom is -0.341 e. The smallest absolute Gasteiger partial charge is 0.251 e. The Morgan fingerprint density at radius 3 is 2.45 bits per heavy atom. The standard InChI is InChI=1S/C17H18N2O2S/c1-12(18-17(21)13-7-4-3-5-8-13)16(20)19-14-9-6-10-15(11-14)22-2/h3-12H,1-2H3,(H,18,21)(H,19,20). The molecule has 0 saturated heterocycles. The lowest BCUT2D eigenvalue weighted by Gasteiger charge is -2.14. The van der Waals surface area contributed by atoms with Gasteiger partial charge in [0.2, 0.25) is 5.91 Å². The lowest BCUT2D eigenvalue weighted by molar-refractivity contribution is -0.117. The third-order valence-corrected chi connectivity index (χ3v) is 3.84. The molecule has 0 heterocycles. The molecule has 2 aromatic carbocycles. The van der Waals surface area contributed by atoms with E-state index in [0.29, 0.717) is 5.56 Å². The van der Waals surface area contributed by atoms with Crippen molar-refractivity contribution < 1.29 is 9.59 Å². The van der Waals surface area contributed by atoms with Gasteiger partial charge in [0.05, 0.1) is 0 Å². The van der Waals surface area contributed by atoms with Gasteiger partial charge in [0, 0.05) is 16.1 Å². The molecule has 0 bridgehead atoms. The topological polar surface area (TPSA) is 58.2 Å². The summed E-state index contributed by atoms with van der Waals surface area (Å²) in [5, 5.41) is 5.49. The van der Waals surface area contributed by atoms with Gasteiger partial charge in [-0.1, -0.05) is 24.3 Å². The highest BCUT2D eigenvalue weighted by Crippen LogP contribution is 2.19. The Labute approximate surface area is 134 Å². The molecule has 22 heavy (non-hydrogen) atoms. The summed E-state index contributed by atoms with van der Waals surface area (Å²) in [5.41, 5.74) is 1.25. The number of anilines is 1. The first kappa shape index (κ1) is 16.1. The van der Waals surface area contributed by atoms with Crippen LogP contribution in [-0.4, -0.2) is 24.1 Å². The Hall–Kier alpha value is -2.27. The molecule has 0 radical (unpaired) electrons. The number of hydrogen-bond donors (Lipinski definition) is 2. The van der Waals surface area contributed by atoms with Crippen molar-refractivity contribution in [3.05, 3.63) is 60.2 Å². The number of amides is 2. The monoisotopic (exact) mass is 314 g/mol. The number of benzene rings is 2. The number of carbonyl (C=O) groups is 2. The van der Waals surface area contributed by atoms with Gasteiger partial charge >= 0.3 is 0 Å². The molecule has 0 aliphatic rings. The van der Waals surface area contributed by atoms with Gasteiger partial charge in [-0.3, -0.25) is 9.59 Å². The minimum atomic E-state index is -0.620. The molecule has 0 aliphatic heterocycles. The Balaban J connectivity index is 1.96. The fraction of sp³-hybridized carbons (Fsp3) is 0.176. The first-order chi connectivity index (χ1) is 10.6. The molecular weight excluding hydrogens is 296 g/mol. The van der Waals surface area contributed by atoms with Crippen molar-refractivity contribution in [3.8, 4) is 0 Å². The maximum atomic E-state index is 12.1. The van der Waals surface area contributed by atoms with Crippen LogP contribution in [0.25, 0.3) is 0 Å². The molecule has 4 nitrogen and oxygen atoms in total. The van der Waals surface area contributed by atoms with Crippen molar-refractivity contribution >= 4 is 29.3 Å². The SMILES string of the molecule is CSc1cccc(NC(=O)C(C)NC(=O)c2ccccc2)c1. The molecule has 0 aliphatic carbocycles. The molecule has 2 amide bonds. The van der Waals surface area contributed by atoms with E-state index in [1.807, 2.05) is 36.6 Å². The van der Waals surface area contributed by atoms with Crippen LogP contribution >= 0.6 is 11.8 Å². The summed E-state index contributed by atoms with van der Waals surface area (Å²) in [6.07, 6.45) is 1.98. The minimum absolute atomic E-state index is 0.248. The van der Waals surface area contributed by atoms with Gasteiger partial charge in [-0.25, -0.2) is 0 Å². The van der Waals surface area contributed by atoms with E-state index in [4.69, 9.17) is 0 Å². The first-order valence-electron chi connectivity index (χ1n) is 6.91. The van der Waals surface area contributed by atoms with E-state index in [2.05, 4.69) is 10.6 Å². The zero-order chi connectivity index (χ0) is 15.9. The molecule has 114 valence electrons. The highest BCUT2D eigenvalue weighted by atomic mass is 32.2. The van der Waals surface area contributed by atoms with Crippen LogP contribution in [0.4, 0.5) is 5.69 Å². The third kappa shape index (κ3) is 4.36. The maximum Gasteiger partial charge on any atom is 0.251 e. The summed E-state index contributed by atoms with van der Waals surface area (Å²) in [5.74, 6) is -0.511. The largest absolute Gasteiger partial charge is 0.341 e. The van der Waals surface area contributed by atoms with Gasteiger partial charge < -0.3 is 10.6 Å². The molecule has 2 rings (SSSR count). The lowest BCUT2D eigenvalue weighted by atomic mass is 10.2. The van der Waals surface area contributed by atoms with Crippen molar-refractivity contribution in [1.82, 2.24) is 5.32 Å². The molecule has 0 spiro atoms. The van der Waals surface area contributed by atoms with Gasteiger partial charge in [0.25, 0.3) is 5.91 Å². The number of rotatable bonds is 5. The van der Waals surface area contributed by atoms with Crippen LogP contribution in [0.2, 0.25) is 0 Å². The van der Waals surface area contributed by atoms with E-state index in [-0.39, 0.29) is 11.8 Å². The molecule has 0 fully saturated rings. The number of carbonyl (C=O) groups excluding carboxylic acids is 2. The van der Waals surface area contributed by atoms with E-state index >= 15 is 0 Å². The van der Waals surface area contributed by atoms with Gasteiger partial charge in [-0.2, -0.15) is 0 Å². The summed E-state index contributed by atoms with van der Waals surface area (Å²) < 4.78 is 0. The first-order valence-corrected chi connectivity index (χ1v) is 8.13. The Kier molecular flexibility index (Phi) is 5.61. The van der Waals surface area contributed by atoms with Crippen molar-refractivity contribution in [2.24, 2.45) is 0 Å². The molecule has 2 aromatic rings. The van der Waals surface area contributed by atoms with Gasteiger partial charge in [0.1, 0.15) is 6.04 Å². The lowest BCUT2D eigenvalue weighted by Crippen LogP contribution is -2.41. The third-order valence-electron chi connectivity index (χ3n) is 3.11. The Morgan fingerprint density at radius 1 is 1.05 bits per heavy atom. The van der Waals surface area contributed by atoms with E-state index in [1.165, 1.54) is 0 Å². The van der Waals surface area contributed by atoms with Crippen molar-refractivity contribution in [3.63, 3.8) is 0 Å². The van der Waals surface area contributed by atoms with Crippen molar-refractivity contribution in [1.29, 1.82) is 0 Å². The van der Waals surface area contributed by atoms with Crippen LogP contribution in [0.1, 0.15) is 17.3 Å². The Bertz CT molecular complexity index is 659. The second-order valence-corrected chi connectivity index (χ2v) is 5.66. The predicted molar refractivity (Wildman–Crippen MR) is 90.2 cm³/mol. The van der Waals surface area contributed by atoms with Crippen LogP contribution in [0.3, 0.4) is 0 Å². The number of thioether (sulfide) groups is 1. The average Bonchev–Trinajstić information content (AvgIpc) is 2.55. The van der Waals surface area contributed by atoms with E-state index in [0.717, 1.165) is 10.6 Å². The fourth-order valence-electron chi connectivity index (χ4n) is 1.89. The number of hydrogen-bond acceptors (Lipinski definition) is 3. The highest BCUT2D eigenvalue weighted by Gasteiger charge is 2.16. The van der Waals surface area contributed by atoms with Gasteiger partial charge in [-0.05, 0) is 43.5 Å². The average molecular weight is 314 g/mol. The van der Waals surface area contributed by atoms with Gasteiger partial charge in [-0.15, -0.1) is 11.8 Å². The van der Waals surface area contributed by atoms with Gasteiger partial charge in [0.15, 0.2) is 0 Å². The normalized spacial score (nSPS) is 11.5. The summed E-state index contributed by atoms with van der Waals surface area (Å²) in [6, 6.07) is 15.8. The molecule has 5 heteroatoms. The molecule has 1 atom stereocenters. The quantitative estimate of drug-likeness (QED) is 0.834. The van der Waals surface area contributed by atoms with Crippen molar-refractivity contribution in [2.45, 2.75) is 17.9 Å². The molecule has 1 unspecified atom stereocenters. The van der Waals surface area contributed by atoms with E-state index in [1.54, 1.807) is 43.0 Å². The van der Waals surface area contributed by atoms with E-state index < -0.39 is 6.04 Å². The van der Waals surface area contributed by atoms with E-state index in [9.17, 15) is 9.59 Å². The summed E-state index contributed by atoms with van der Waals surface area (Å²) in [4.78, 5) is 25.2. The molecule has 2 N–H and O–H groups in total. The molecule has 0 saturated carbocycles. The summed E-state index contributed by atoms with van der Waals surface area (Å²) in [7, 11) is 0. The predicted octanol–water partition coefficient (Wildman–Crippen LogP) is 3.17.